The molecular formula is C17H22N2O. The van der Waals surface area contributed by atoms with E-state index in [2.05, 4.69) is 31.1 Å². The van der Waals surface area contributed by atoms with E-state index >= 15 is 0 Å². The predicted octanol–water partition coefficient (Wildman–Crippen LogP) is 4.64. The summed E-state index contributed by atoms with van der Waals surface area (Å²) in [5.74, 6) is 1.45. The average molecular weight is 270 g/mol. The molecule has 3 heteroatoms. The Hall–Kier alpha value is -2.03. The third-order valence-corrected chi connectivity index (χ3v) is 2.88. The van der Waals surface area contributed by atoms with E-state index in [1.165, 1.54) is 0 Å². The van der Waals surface area contributed by atoms with Crippen LogP contribution in [0.25, 0.3) is 0 Å². The third kappa shape index (κ3) is 3.98. The number of nitrogens with zero attached hydrogens (tertiary/aromatic N) is 1. The normalized spacial score (nSPS) is 11.2. The Morgan fingerprint density at radius 3 is 2.55 bits per heavy atom. The van der Waals surface area contributed by atoms with Gasteiger partial charge in [-0.2, -0.15) is 0 Å². The van der Waals surface area contributed by atoms with Crippen LogP contribution < -0.4 is 10.1 Å². The van der Waals surface area contributed by atoms with Gasteiger partial charge < -0.3 is 10.1 Å². The first-order valence-electron chi connectivity index (χ1n) is 6.88. The maximum atomic E-state index is 5.93. The van der Waals surface area contributed by atoms with Gasteiger partial charge in [0.05, 0.1) is 5.69 Å². The smallest absolute Gasteiger partial charge is 0.242 e. The minimum atomic E-state index is 0.204. The van der Waals surface area contributed by atoms with Crippen molar-refractivity contribution in [1.82, 2.24) is 4.98 Å². The van der Waals surface area contributed by atoms with Crippen LogP contribution in [0.4, 0.5) is 5.69 Å². The summed E-state index contributed by atoms with van der Waals surface area (Å²) in [5, 5.41) is 3.41. The summed E-state index contributed by atoms with van der Waals surface area (Å²) >= 11 is 0. The maximum absolute atomic E-state index is 5.93. The maximum Gasteiger partial charge on any atom is 0.242 e. The molecule has 0 aliphatic heterocycles. The molecule has 2 rings (SSSR count). The van der Waals surface area contributed by atoms with Gasteiger partial charge in [-0.05, 0) is 36.1 Å². The van der Waals surface area contributed by atoms with Crippen molar-refractivity contribution in [3.05, 3.63) is 48.2 Å². The van der Waals surface area contributed by atoms with Crippen LogP contribution in [0, 0.1) is 12.3 Å². The molecule has 0 amide bonds. The summed E-state index contributed by atoms with van der Waals surface area (Å²) in [7, 11) is 0. The lowest BCUT2D eigenvalue weighted by Gasteiger charge is -2.20. The SMILES string of the molecule is Cc1ccccc1Oc1ncccc1NCC(C)(C)C. The Morgan fingerprint density at radius 1 is 1.10 bits per heavy atom. The van der Waals surface area contributed by atoms with Gasteiger partial charge in [0.1, 0.15) is 5.75 Å². The molecule has 1 N–H and O–H groups in total. The molecule has 0 fully saturated rings. The minimum absolute atomic E-state index is 0.204. The lowest BCUT2D eigenvalue weighted by atomic mass is 9.97. The molecule has 0 bridgehead atoms. The van der Waals surface area contributed by atoms with Crippen molar-refractivity contribution in [2.75, 3.05) is 11.9 Å². The highest BCUT2D eigenvalue weighted by Crippen LogP contribution is 2.29. The number of hydrogen-bond acceptors (Lipinski definition) is 3. The first-order chi connectivity index (χ1) is 9.46. The van der Waals surface area contributed by atoms with E-state index in [1.54, 1.807) is 6.20 Å². The van der Waals surface area contributed by atoms with Gasteiger partial charge in [-0.3, -0.25) is 0 Å². The second kappa shape index (κ2) is 5.95. The molecule has 0 spiro atoms. The van der Waals surface area contributed by atoms with Crippen molar-refractivity contribution in [2.45, 2.75) is 27.7 Å². The summed E-state index contributed by atoms with van der Waals surface area (Å²) in [5.41, 5.74) is 2.22. The number of anilines is 1. The number of para-hydroxylation sites is 1. The second-order valence-corrected chi connectivity index (χ2v) is 6.14. The van der Waals surface area contributed by atoms with Gasteiger partial charge in [-0.25, -0.2) is 4.98 Å². The summed E-state index contributed by atoms with van der Waals surface area (Å²) < 4.78 is 5.93. The number of ether oxygens (including phenoxy) is 1. The van der Waals surface area contributed by atoms with Crippen LogP contribution in [0.15, 0.2) is 42.6 Å². The van der Waals surface area contributed by atoms with Crippen molar-refractivity contribution < 1.29 is 4.74 Å². The average Bonchev–Trinajstić information content (AvgIpc) is 2.39. The van der Waals surface area contributed by atoms with Crippen molar-refractivity contribution in [3.8, 4) is 11.6 Å². The van der Waals surface area contributed by atoms with Gasteiger partial charge in [0, 0.05) is 12.7 Å². The zero-order chi connectivity index (χ0) is 14.6. The molecular weight excluding hydrogens is 248 g/mol. The summed E-state index contributed by atoms with van der Waals surface area (Å²) in [4.78, 5) is 4.33. The Kier molecular flexibility index (Phi) is 4.28. The van der Waals surface area contributed by atoms with Gasteiger partial charge in [0.2, 0.25) is 5.88 Å². The molecule has 0 saturated carbocycles. The quantitative estimate of drug-likeness (QED) is 0.878. The van der Waals surface area contributed by atoms with Gasteiger partial charge >= 0.3 is 0 Å². The lowest BCUT2D eigenvalue weighted by Crippen LogP contribution is -2.19. The molecule has 2 aromatic rings. The van der Waals surface area contributed by atoms with Crippen LogP contribution in [0.1, 0.15) is 26.3 Å². The van der Waals surface area contributed by atoms with E-state index < -0.39 is 0 Å². The van der Waals surface area contributed by atoms with Crippen LogP contribution in [-0.4, -0.2) is 11.5 Å². The summed E-state index contributed by atoms with van der Waals surface area (Å²) in [6, 6.07) is 11.9. The Morgan fingerprint density at radius 2 is 1.85 bits per heavy atom. The standard InChI is InChI=1S/C17H22N2O/c1-13-8-5-6-10-15(13)20-16-14(9-7-11-18-16)19-12-17(2,3)4/h5-11,19H,12H2,1-4H3. The number of pyridine rings is 1. The Labute approximate surface area is 121 Å². The van der Waals surface area contributed by atoms with E-state index in [0.717, 1.165) is 23.5 Å². The van der Waals surface area contributed by atoms with Gasteiger partial charge in [0.15, 0.2) is 0 Å². The van der Waals surface area contributed by atoms with Gasteiger partial charge in [-0.1, -0.05) is 39.0 Å². The molecule has 0 atom stereocenters. The largest absolute Gasteiger partial charge is 0.437 e. The number of aryl methyl sites for hydroxylation is 1. The van der Waals surface area contributed by atoms with E-state index in [1.807, 2.05) is 43.3 Å². The Bertz CT molecular complexity index is 573. The minimum Gasteiger partial charge on any atom is -0.437 e. The van der Waals surface area contributed by atoms with E-state index in [9.17, 15) is 0 Å². The van der Waals surface area contributed by atoms with E-state index in [4.69, 9.17) is 4.74 Å². The highest BCUT2D eigenvalue weighted by Gasteiger charge is 2.12. The molecule has 1 aromatic carbocycles. The third-order valence-electron chi connectivity index (χ3n) is 2.88. The van der Waals surface area contributed by atoms with Crippen molar-refractivity contribution >= 4 is 5.69 Å². The fraction of sp³-hybridized carbons (Fsp3) is 0.353. The van der Waals surface area contributed by atoms with Crippen LogP contribution in [0.5, 0.6) is 11.6 Å². The fourth-order valence-electron chi connectivity index (χ4n) is 1.74. The zero-order valence-electron chi connectivity index (χ0n) is 12.6. The molecule has 106 valence electrons. The molecule has 3 nitrogen and oxygen atoms in total. The van der Waals surface area contributed by atoms with Crippen molar-refractivity contribution in [1.29, 1.82) is 0 Å². The molecule has 0 aliphatic rings. The number of nitrogens with one attached hydrogen (secondary N) is 1. The monoisotopic (exact) mass is 270 g/mol. The molecule has 0 unspecified atom stereocenters. The molecule has 1 heterocycles. The second-order valence-electron chi connectivity index (χ2n) is 6.14. The highest BCUT2D eigenvalue weighted by molar-refractivity contribution is 5.54. The number of aromatic nitrogens is 1. The van der Waals surface area contributed by atoms with Crippen molar-refractivity contribution in [3.63, 3.8) is 0 Å². The molecule has 0 radical (unpaired) electrons. The topological polar surface area (TPSA) is 34.1 Å². The molecule has 0 aliphatic carbocycles. The van der Waals surface area contributed by atoms with Gasteiger partial charge in [0.25, 0.3) is 0 Å². The predicted molar refractivity (Wildman–Crippen MR) is 83.4 cm³/mol. The highest BCUT2D eigenvalue weighted by atomic mass is 16.5. The van der Waals surface area contributed by atoms with Crippen LogP contribution in [-0.2, 0) is 0 Å². The zero-order valence-corrected chi connectivity index (χ0v) is 12.6. The molecule has 0 saturated heterocycles. The van der Waals surface area contributed by atoms with Crippen LogP contribution in [0.3, 0.4) is 0 Å². The van der Waals surface area contributed by atoms with Crippen molar-refractivity contribution in [2.24, 2.45) is 5.41 Å². The molecule has 20 heavy (non-hydrogen) atoms. The first-order valence-corrected chi connectivity index (χ1v) is 6.88. The Balaban J connectivity index is 2.18. The number of rotatable bonds is 4. The van der Waals surface area contributed by atoms with Crippen LogP contribution >= 0.6 is 0 Å². The van der Waals surface area contributed by atoms with E-state index in [0.29, 0.717) is 5.88 Å². The molecule has 1 aromatic heterocycles. The van der Waals surface area contributed by atoms with Crippen LogP contribution in [0.2, 0.25) is 0 Å². The fourth-order valence-corrected chi connectivity index (χ4v) is 1.74. The summed E-state index contributed by atoms with van der Waals surface area (Å²) in [6.07, 6.45) is 1.75. The lowest BCUT2D eigenvalue weighted by molar-refractivity contribution is 0.437. The van der Waals surface area contributed by atoms with E-state index in [-0.39, 0.29) is 5.41 Å². The number of benzene rings is 1. The first kappa shape index (κ1) is 14.4. The summed E-state index contributed by atoms with van der Waals surface area (Å²) in [6.45, 7) is 9.47. The van der Waals surface area contributed by atoms with Gasteiger partial charge in [-0.15, -0.1) is 0 Å². The number of hydrogen-bond donors (Lipinski definition) is 1.